The third-order valence-corrected chi connectivity index (χ3v) is 3.37. The molecule has 2 heteroatoms. The highest BCUT2D eigenvalue weighted by molar-refractivity contribution is 9.11. The van der Waals surface area contributed by atoms with Crippen LogP contribution in [0.5, 0.6) is 0 Å². The molecule has 1 aromatic carbocycles. The Morgan fingerprint density at radius 3 is 2.28 bits per heavy atom. The number of benzene rings is 1. The predicted octanol–water partition coefficient (Wildman–Crippen LogP) is 5.43. The van der Waals surface area contributed by atoms with E-state index in [-0.39, 0.29) is 5.82 Å². The normalized spacial score (nSPS) is 11.6. The van der Waals surface area contributed by atoms with Gasteiger partial charge in [-0.2, -0.15) is 0 Å². The lowest BCUT2D eigenvalue weighted by atomic mass is 10.1. The summed E-state index contributed by atoms with van der Waals surface area (Å²) < 4.78 is 14.0. The van der Waals surface area contributed by atoms with E-state index in [1.165, 1.54) is 16.6 Å². The topological polar surface area (TPSA) is 0 Å². The Morgan fingerprint density at radius 1 is 1.11 bits per heavy atom. The largest absolute Gasteiger partial charge is 0.207 e. The molecule has 0 aliphatic heterocycles. The maximum absolute atomic E-state index is 12.8. The molecule has 0 radical (unpaired) electrons. The van der Waals surface area contributed by atoms with Crippen LogP contribution >= 0.6 is 15.9 Å². The van der Waals surface area contributed by atoms with E-state index in [4.69, 9.17) is 0 Å². The van der Waals surface area contributed by atoms with Gasteiger partial charge in [0.25, 0.3) is 0 Å². The minimum Gasteiger partial charge on any atom is -0.207 e. The van der Waals surface area contributed by atoms with Gasteiger partial charge in [-0.25, -0.2) is 4.39 Å². The molecule has 0 aromatic heterocycles. The van der Waals surface area contributed by atoms with E-state index in [2.05, 4.69) is 41.6 Å². The molecular weight excluding hydrogens is 291 g/mol. The molecule has 1 rings (SSSR count). The van der Waals surface area contributed by atoms with Crippen LogP contribution in [0.25, 0.3) is 0 Å². The summed E-state index contributed by atoms with van der Waals surface area (Å²) in [6, 6.07) is 6.29. The number of halogens is 2. The highest BCUT2D eigenvalue weighted by Gasteiger charge is 2.00. The number of allylic oxidation sites excluding steroid dienone is 2. The Hall–Kier alpha value is -1.07. The monoisotopic (exact) mass is 308 g/mol. The first-order valence-electron chi connectivity index (χ1n) is 6.32. The fourth-order valence-electron chi connectivity index (χ4n) is 1.57. The molecule has 0 atom stereocenters. The zero-order valence-corrected chi connectivity index (χ0v) is 12.5. The molecule has 0 fully saturated rings. The number of hydrogen-bond acceptors (Lipinski definition) is 0. The first-order valence-corrected chi connectivity index (χ1v) is 7.11. The van der Waals surface area contributed by atoms with Crippen molar-refractivity contribution in [3.8, 4) is 11.8 Å². The molecule has 1 aromatic rings. The Morgan fingerprint density at radius 2 is 1.72 bits per heavy atom. The Kier molecular flexibility index (Phi) is 6.75. The summed E-state index contributed by atoms with van der Waals surface area (Å²) in [5, 5.41) is 0. The summed E-state index contributed by atoms with van der Waals surface area (Å²) >= 11 is 3.61. The average molecular weight is 309 g/mol. The highest BCUT2D eigenvalue weighted by atomic mass is 79.9. The van der Waals surface area contributed by atoms with Gasteiger partial charge >= 0.3 is 0 Å². The minimum atomic E-state index is -0.225. The van der Waals surface area contributed by atoms with E-state index in [1.807, 2.05) is 0 Å². The molecule has 0 saturated heterocycles. The van der Waals surface area contributed by atoms with Crippen LogP contribution in [0.15, 0.2) is 34.3 Å². The molecular formula is C16H18BrF. The predicted molar refractivity (Wildman–Crippen MR) is 79.0 cm³/mol. The van der Waals surface area contributed by atoms with Gasteiger partial charge in [-0.1, -0.05) is 54.5 Å². The molecule has 0 amide bonds. The van der Waals surface area contributed by atoms with Gasteiger partial charge in [0, 0.05) is 15.6 Å². The van der Waals surface area contributed by atoms with Gasteiger partial charge in [0.1, 0.15) is 5.82 Å². The van der Waals surface area contributed by atoms with Gasteiger partial charge in [-0.05, 0) is 37.1 Å². The number of hydrogen-bond donors (Lipinski definition) is 0. The molecule has 0 spiro atoms. The quantitative estimate of drug-likeness (QED) is 0.651. The third kappa shape index (κ3) is 5.06. The summed E-state index contributed by atoms with van der Waals surface area (Å²) in [5.41, 5.74) is 2.01. The van der Waals surface area contributed by atoms with Crippen molar-refractivity contribution < 1.29 is 4.39 Å². The van der Waals surface area contributed by atoms with E-state index in [0.717, 1.165) is 36.8 Å². The molecule has 0 heterocycles. The van der Waals surface area contributed by atoms with Crippen molar-refractivity contribution in [2.45, 2.75) is 39.5 Å². The van der Waals surface area contributed by atoms with Gasteiger partial charge in [0.2, 0.25) is 0 Å². The van der Waals surface area contributed by atoms with E-state index < -0.39 is 0 Å². The standard InChI is InChI=1S/C16H18BrF/c1-3-5-14(16(17)6-4-2)10-7-13-8-11-15(18)12-9-13/h8-9,11-12H,3-6H2,1-2H3/b16-14-. The average Bonchev–Trinajstić information content (AvgIpc) is 2.36. The lowest BCUT2D eigenvalue weighted by molar-refractivity contribution is 0.627. The Bertz CT molecular complexity index is 460. The minimum absolute atomic E-state index is 0.225. The van der Waals surface area contributed by atoms with Crippen LogP contribution in [0.3, 0.4) is 0 Å². The smallest absolute Gasteiger partial charge is 0.123 e. The second-order valence-electron chi connectivity index (χ2n) is 4.14. The summed E-state index contributed by atoms with van der Waals surface area (Å²) in [4.78, 5) is 0. The van der Waals surface area contributed by atoms with Crippen molar-refractivity contribution in [1.29, 1.82) is 0 Å². The van der Waals surface area contributed by atoms with Crippen LogP contribution in [0.2, 0.25) is 0 Å². The van der Waals surface area contributed by atoms with Crippen LogP contribution in [-0.2, 0) is 0 Å². The van der Waals surface area contributed by atoms with Crippen molar-refractivity contribution in [3.05, 3.63) is 45.7 Å². The first kappa shape index (κ1) is 15.0. The maximum Gasteiger partial charge on any atom is 0.123 e. The van der Waals surface area contributed by atoms with Crippen molar-refractivity contribution in [3.63, 3.8) is 0 Å². The van der Waals surface area contributed by atoms with Crippen LogP contribution in [-0.4, -0.2) is 0 Å². The second-order valence-corrected chi connectivity index (χ2v) is 5.10. The van der Waals surface area contributed by atoms with Crippen molar-refractivity contribution in [2.75, 3.05) is 0 Å². The molecule has 96 valence electrons. The molecule has 18 heavy (non-hydrogen) atoms. The fourth-order valence-corrected chi connectivity index (χ4v) is 2.26. The fraction of sp³-hybridized carbons (Fsp3) is 0.375. The van der Waals surface area contributed by atoms with Gasteiger partial charge in [0.15, 0.2) is 0 Å². The third-order valence-electron chi connectivity index (χ3n) is 2.50. The zero-order chi connectivity index (χ0) is 13.4. The zero-order valence-electron chi connectivity index (χ0n) is 10.9. The summed E-state index contributed by atoms with van der Waals surface area (Å²) in [7, 11) is 0. The Labute approximate surface area is 117 Å². The van der Waals surface area contributed by atoms with Crippen molar-refractivity contribution in [1.82, 2.24) is 0 Å². The SMILES string of the molecule is CCC/C(Br)=C(/C#Cc1ccc(F)cc1)CCC. The first-order chi connectivity index (χ1) is 8.67. The molecule has 0 aliphatic rings. The van der Waals surface area contributed by atoms with Crippen LogP contribution in [0.4, 0.5) is 4.39 Å². The maximum atomic E-state index is 12.8. The lowest BCUT2D eigenvalue weighted by Crippen LogP contribution is -1.85. The van der Waals surface area contributed by atoms with E-state index >= 15 is 0 Å². The molecule has 0 unspecified atom stereocenters. The van der Waals surface area contributed by atoms with Crippen LogP contribution in [0, 0.1) is 17.7 Å². The molecule has 0 N–H and O–H groups in total. The Balaban J connectivity index is 2.91. The van der Waals surface area contributed by atoms with Gasteiger partial charge in [-0.3, -0.25) is 0 Å². The van der Waals surface area contributed by atoms with Crippen LogP contribution < -0.4 is 0 Å². The molecule has 0 bridgehead atoms. The number of rotatable bonds is 4. The lowest BCUT2D eigenvalue weighted by Gasteiger charge is -2.02. The van der Waals surface area contributed by atoms with Crippen LogP contribution in [0.1, 0.15) is 45.1 Å². The molecule has 0 nitrogen and oxygen atoms in total. The highest BCUT2D eigenvalue weighted by Crippen LogP contribution is 2.21. The van der Waals surface area contributed by atoms with Gasteiger partial charge in [0.05, 0.1) is 0 Å². The van der Waals surface area contributed by atoms with E-state index in [0.29, 0.717) is 0 Å². The van der Waals surface area contributed by atoms with Crippen molar-refractivity contribution >= 4 is 15.9 Å². The molecule has 0 aliphatic carbocycles. The van der Waals surface area contributed by atoms with Gasteiger partial charge in [-0.15, -0.1) is 0 Å². The van der Waals surface area contributed by atoms with Crippen molar-refractivity contribution in [2.24, 2.45) is 0 Å². The summed E-state index contributed by atoms with van der Waals surface area (Å²) in [6.45, 7) is 4.30. The van der Waals surface area contributed by atoms with Gasteiger partial charge < -0.3 is 0 Å². The second kappa shape index (κ2) is 8.11. The van der Waals surface area contributed by atoms with E-state index in [9.17, 15) is 4.39 Å². The summed E-state index contributed by atoms with van der Waals surface area (Å²) in [5.74, 6) is 6.07. The molecule has 0 saturated carbocycles. The van der Waals surface area contributed by atoms with E-state index in [1.54, 1.807) is 12.1 Å². The summed E-state index contributed by atoms with van der Waals surface area (Å²) in [6.07, 6.45) is 4.18.